The molecule has 104 valence electrons. The third kappa shape index (κ3) is 6.00. The molecule has 0 aromatic heterocycles. The molecule has 1 heterocycles. The normalized spacial score (nSPS) is 17.7. The van der Waals surface area contributed by atoms with Gasteiger partial charge in [0.15, 0.2) is 0 Å². The fourth-order valence-corrected chi connectivity index (χ4v) is 2.24. The van der Waals surface area contributed by atoms with Crippen LogP contribution in [0.5, 0.6) is 0 Å². The summed E-state index contributed by atoms with van der Waals surface area (Å²) in [5.74, 6) is 0.437. The first-order valence-corrected chi connectivity index (χ1v) is 6.93. The standard InChI is InChI=1S/C13H25N3O2/c1-2-3-4-5-6-12(15-16-13(14)17)11-7-9-18-10-8-11/h11H,2-10H2,1H3,(H3,14,16,17). The lowest BCUT2D eigenvalue weighted by Crippen LogP contribution is -2.30. The summed E-state index contributed by atoms with van der Waals surface area (Å²) in [7, 11) is 0. The Morgan fingerprint density at radius 3 is 2.67 bits per heavy atom. The van der Waals surface area contributed by atoms with Crippen LogP contribution in [0.4, 0.5) is 4.79 Å². The number of primary amides is 1. The average Bonchev–Trinajstić information content (AvgIpc) is 2.38. The molecule has 1 aliphatic heterocycles. The van der Waals surface area contributed by atoms with Gasteiger partial charge in [0.05, 0.1) is 0 Å². The number of nitrogens with two attached hydrogens (primary N) is 1. The molecule has 0 aromatic carbocycles. The van der Waals surface area contributed by atoms with E-state index in [9.17, 15) is 4.79 Å². The molecule has 18 heavy (non-hydrogen) atoms. The minimum absolute atomic E-state index is 0.437. The summed E-state index contributed by atoms with van der Waals surface area (Å²) in [6, 6.07) is -0.590. The summed E-state index contributed by atoms with van der Waals surface area (Å²) in [5.41, 5.74) is 8.51. The monoisotopic (exact) mass is 255 g/mol. The second-order valence-electron chi connectivity index (χ2n) is 4.78. The highest BCUT2D eigenvalue weighted by atomic mass is 16.5. The van der Waals surface area contributed by atoms with E-state index in [4.69, 9.17) is 10.5 Å². The van der Waals surface area contributed by atoms with Crippen molar-refractivity contribution in [2.24, 2.45) is 16.8 Å². The minimum atomic E-state index is -0.590. The molecule has 1 aliphatic rings. The zero-order valence-corrected chi connectivity index (χ0v) is 11.3. The van der Waals surface area contributed by atoms with E-state index in [2.05, 4.69) is 17.5 Å². The van der Waals surface area contributed by atoms with Crippen molar-refractivity contribution in [3.05, 3.63) is 0 Å². The van der Waals surface area contributed by atoms with Gasteiger partial charge in [0, 0.05) is 24.8 Å². The molecule has 1 fully saturated rings. The van der Waals surface area contributed by atoms with Crippen LogP contribution in [-0.4, -0.2) is 25.0 Å². The predicted octanol–water partition coefficient (Wildman–Crippen LogP) is 2.41. The molecule has 0 unspecified atom stereocenters. The van der Waals surface area contributed by atoms with Crippen LogP contribution in [0, 0.1) is 5.92 Å². The highest BCUT2D eigenvalue weighted by Gasteiger charge is 2.19. The predicted molar refractivity (Wildman–Crippen MR) is 72.5 cm³/mol. The van der Waals surface area contributed by atoms with Crippen molar-refractivity contribution in [3.8, 4) is 0 Å². The Bertz CT molecular complexity index is 273. The largest absolute Gasteiger partial charge is 0.381 e. The lowest BCUT2D eigenvalue weighted by Gasteiger charge is -2.23. The van der Waals surface area contributed by atoms with E-state index in [1.807, 2.05) is 0 Å². The maximum absolute atomic E-state index is 10.7. The Hall–Kier alpha value is -1.10. The Morgan fingerprint density at radius 1 is 1.33 bits per heavy atom. The van der Waals surface area contributed by atoms with Gasteiger partial charge in [0.2, 0.25) is 0 Å². The Kier molecular flexibility index (Phi) is 7.41. The lowest BCUT2D eigenvalue weighted by molar-refractivity contribution is 0.0822. The molecule has 3 N–H and O–H groups in total. The van der Waals surface area contributed by atoms with Gasteiger partial charge in [0.1, 0.15) is 0 Å². The molecule has 2 amide bonds. The summed E-state index contributed by atoms with van der Waals surface area (Å²) in [6.45, 7) is 3.77. The van der Waals surface area contributed by atoms with Gasteiger partial charge in [-0.3, -0.25) is 0 Å². The van der Waals surface area contributed by atoms with Crippen molar-refractivity contribution in [2.75, 3.05) is 13.2 Å². The number of nitrogens with zero attached hydrogens (tertiary/aromatic N) is 1. The van der Waals surface area contributed by atoms with Crippen LogP contribution in [0.1, 0.15) is 51.9 Å². The summed E-state index contributed by atoms with van der Waals surface area (Å²) in [5, 5.41) is 4.18. The molecule has 0 saturated carbocycles. The first-order chi connectivity index (χ1) is 8.74. The second kappa shape index (κ2) is 8.91. The molecule has 0 atom stereocenters. The molecular weight excluding hydrogens is 230 g/mol. The van der Waals surface area contributed by atoms with Crippen molar-refractivity contribution in [3.63, 3.8) is 0 Å². The fraction of sp³-hybridized carbons (Fsp3) is 0.846. The number of carbonyl (C=O) groups is 1. The smallest absolute Gasteiger partial charge is 0.332 e. The summed E-state index contributed by atoms with van der Waals surface area (Å²) in [4.78, 5) is 10.7. The van der Waals surface area contributed by atoms with Crippen LogP contribution in [0.15, 0.2) is 5.10 Å². The van der Waals surface area contributed by atoms with E-state index >= 15 is 0 Å². The zero-order valence-electron chi connectivity index (χ0n) is 11.3. The van der Waals surface area contributed by atoms with Gasteiger partial charge in [-0.05, 0) is 25.7 Å². The lowest BCUT2D eigenvalue weighted by atomic mass is 9.91. The number of nitrogens with one attached hydrogen (secondary N) is 1. The zero-order chi connectivity index (χ0) is 13.2. The number of rotatable bonds is 7. The summed E-state index contributed by atoms with van der Waals surface area (Å²) < 4.78 is 5.35. The number of hydrazone groups is 1. The molecule has 0 bridgehead atoms. The molecule has 0 aromatic rings. The molecule has 0 aliphatic carbocycles. The highest BCUT2D eigenvalue weighted by Crippen LogP contribution is 2.20. The maximum atomic E-state index is 10.7. The third-order valence-corrected chi connectivity index (χ3v) is 3.29. The van der Waals surface area contributed by atoms with E-state index in [1.165, 1.54) is 19.3 Å². The Balaban J connectivity index is 2.45. The van der Waals surface area contributed by atoms with E-state index < -0.39 is 6.03 Å². The molecule has 1 rings (SSSR count). The van der Waals surface area contributed by atoms with E-state index in [0.717, 1.165) is 44.6 Å². The van der Waals surface area contributed by atoms with Crippen molar-refractivity contribution in [1.29, 1.82) is 0 Å². The number of hydrogen-bond donors (Lipinski definition) is 2. The molecule has 5 nitrogen and oxygen atoms in total. The van der Waals surface area contributed by atoms with Gasteiger partial charge in [-0.1, -0.05) is 26.2 Å². The average molecular weight is 255 g/mol. The fourth-order valence-electron chi connectivity index (χ4n) is 2.24. The van der Waals surface area contributed by atoms with Crippen LogP contribution in [0.2, 0.25) is 0 Å². The number of urea groups is 1. The number of hydrogen-bond acceptors (Lipinski definition) is 3. The molecule has 0 radical (unpaired) electrons. The van der Waals surface area contributed by atoms with Crippen LogP contribution < -0.4 is 11.2 Å². The van der Waals surface area contributed by atoms with Gasteiger partial charge in [-0.25, -0.2) is 10.2 Å². The van der Waals surface area contributed by atoms with E-state index in [1.54, 1.807) is 0 Å². The van der Waals surface area contributed by atoms with Gasteiger partial charge in [-0.15, -0.1) is 0 Å². The highest BCUT2D eigenvalue weighted by molar-refractivity contribution is 5.88. The van der Waals surface area contributed by atoms with Gasteiger partial charge in [0.25, 0.3) is 0 Å². The third-order valence-electron chi connectivity index (χ3n) is 3.29. The molecule has 0 spiro atoms. The number of unbranched alkanes of at least 4 members (excludes halogenated alkanes) is 3. The van der Waals surface area contributed by atoms with E-state index in [-0.39, 0.29) is 0 Å². The van der Waals surface area contributed by atoms with Crippen LogP contribution in [-0.2, 0) is 4.74 Å². The van der Waals surface area contributed by atoms with Crippen LogP contribution in [0.25, 0.3) is 0 Å². The quantitative estimate of drug-likeness (QED) is 0.416. The van der Waals surface area contributed by atoms with Crippen molar-refractivity contribution < 1.29 is 9.53 Å². The van der Waals surface area contributed by atoms with Gasteiger partial charge >= 0.3 is 6.03 Å². The first-order valence-electron chi connectivity index (χ1n) is 6.93. The number of carbonyl (C=O) groups excluding carboxylic acids is 1. The van der Waals surface area contributed by atoms with Crippen molar-refractivity contribution in [1.82, 2.24) is 5.43 Å². The van der Waals surface area contributed by atoms with Crippen molar-refractivity contribution >= 4 is 11.7 Å². The van der Waals surface area contributed by atoms with E-state index in [0.29, 0.717) is 5.92 Å². The molecular formula is C13H25N3O2. The molecule has 5 heteroatoms. The first kappa shape index (κ1) is 15.0. The SMILES string of the molecule is CCCCCCC(=NNC(N)=O)C1CCOCC1. The minimum Gasteiger partial charge on any atom is -0.381 e. The summed E-state index contributed by atoms with van der Waals surface area (Å²) >= 11 is 0. The summed E-state index contributed by atoms with van der Waals surface area (Å²) in [6.07, 6.45) is 7.76. The number of ether oxygens (including phenoxy) is 1. The second-order valence-corrected chi connectivity index (χ2v) is 4.78. The van der Waals surface area contributed by atoms with Crippen LogP contribution >= 0.6 is 0 Å². The van der Waals surface area contributed by atoms with Crippen molar-refractivity contribution in [2.45, 2.75) is 51.9 Å². The van der Waals surface area contributed by atoms with Gasteiger partial charge < -0.3 is 10.5 Å². The van der Waals surface area contributed by atoms with Gasteiger partial charge in [-0.2, -0.15) is 5.10 Å². The topological polar surface area (TPSA) is 76.7 Å². The maximum Gasteiger partial charge on any atom is 0.332 e. The van der Waals surface area contributed by atoms with Crippen LogP contribution in [0.3, 0.4) is 0 Å². The molecule has 1 saturated heterocycles. The Morgan fingerprint density at radius 2 is 2.06 bits per heavy atom. The number of amides is 2. The Labute approximate surface area is 109 Å².